The van der Waals surface area contributed by atoms with E-state index in [1.807, 2.05) is 61.5 Å². The van der Waals surface area contributed by atoms with Crippen molar-refractivity contribution in [2.45, 2.75) is 25.4 Å². The maximum Gasteiger partial charge on any atom is 0.180 e. The number of benzene rings is 4. The molecule has 4 aromatic carbocycles. The zero-order chi connectivity index (χ0) is 23.2. The molecule has 0 radical (unpaired) electrons. The van der Waals surface area contributed by atoms with Crippen molar-refractivity contribution in [1.29, 1.82) is 0 Å². The average Bonchev–Trinajstić information content (AvgIpc) is 2.83. The van der Waals surface area contributed by atoms with Crippen molar-refractivity contribution in [1.82, 2.24) is 0 Å². The molecule has 5 rings (SSSR count). The van der Waals surface area contributed by atoms with Crippen molar-refractivity contribution in [3.63, 3.8) is 0 Å². The van der Waals surface area contributed by atoms with Gasteiger partial charge in [-0.2, -0.15) is 0 Å². The Labute approximate surface area is 194 Å². The number of rotatable bonds is 4. The molecule has 0 saturated carbocycles. The van der Waals surface area contributed by atoms with Gasteiger partial charge in [0.25, 0.3) is 0 Å². The summed E-state index contributed by atoms with van der Waals surface area (Å²) in [5.74, 6) is 0.933. The molecule has 0 N–H and O–H groups in total. The van der Waals surface area contributed by atoms with Gasteiger partial charge in [0.15, 0.2) is 5.60 Å². The van der Waals surface area contributed by atoms with Crippen LogP contribution < -0.4 is 9.64 Å². The summed E-state index contributed by atoms with van der Waals surface area (Å²) in [4.78, 5) is 2.05. The molecule has 1 aliphatic heterocycles. The Balaban J connectivity index is 1.68. The molecule has 1 aliphatic rings. The molecule has 0 saturated heterocycles. The molecular formula is C30H28FNO. The molecule has 1 unspecified atom stereocenters. The van der Waals surface area contributed by atoms with Crippen LogP contribution in [-0.2, 0) is 5.60 Å². The average molecular weight is 438 g/mol. The minimum Gasteiger partial charge on any atom is -0.473 e. The van der Waals surface area contributed by atoms with Gasteiger partial charge in [-0.3, -0.25) is 0 Å². The van der Waals surface area contributed by atoms with Crippen LogP contribution in [0.3, 0.4) is 0 Å². The molecule has 33 heavy (non-hydrogen) atoms. The van der Waals surface area contributed by atoms with Gasteiger partial charge in [0, 0.05) is 36.5 Å². The number of anilines is 1. The van der Waals surface area contributed by atoms with Gasteiger partial charge in [0.05, 0.1) is 0 Å². The molecule has 0 spiro atoms. The van der Waals surface area contributed by atoms with Gasteiger partial charge in [0.1, 0.15) is 11.6 Å². The Morgan fingerprint density at radius 3 is 2.33 bits per heavy atom. The third-order valence-electron chi connectivity index (χ3n) is 6.55. The summed E-state index contributed by atoms with van der Waals surface area (Å²) in [5, 5.41) is 2.32. The molecule has 0 aliphatic carbocycles. The van der Waals surface area contributed by atoms with E-state index in [1.165, 1.54) is 17.0 Å². The Morgan fingerprint density at radius 2 is 1.64 bits per heavy atom. The second-order valence-corrected chi connectivity index (χ2v) is 9.20. The topological polar surface area (TPSA) is 12.5 Å². The first-order valence-electron chi connectivity index (χ1n) is 11.4. The lowest BCUT2D eigenvalue weighted by molar-refractivity contribution is 0.156. The monoisotopic (exact) mass is 437 g/mol. The van der Waals surface area contributed by atoms with E-state index in [-0.39, 0.29) is 5.82 Å². The first kappa shape index (κ1) is 21.3. The van der Waals surface area contributed by atoms with E-state index in [1.54, 1.807) is 12.1 Å². The van der Waals surface area contributed by atoms with Gasteiger partial charge in [-0.25, -0.2) is 4.39 Å². The van der Waals surface area contributed by atoms with E-state index in [0.29, 0.717) is 11.5 Å². The summed E-state index contributed by atoms with van der Waals surface area (Å²) >= 11 is 0. The van der Waals surface area contributed by atoms with Crippen LogP contribution in [0.15, 0.2) is 84.9 Å². The molecule has 166 valence electrons. The van der Waals surface area contributed by atoms with Crippen LogP contribution in [-0.4, -0.2) is 14.1 Å². The van der Waals surface area contributed by atoms with Crippen LogP contribution in [0.1, 0.15) is 42.0 Å². The normalized spacial score (nSPS) is 17.2. The van der Waals surface area contributed by atoms with Crippen molar-refractivity contribution in [3.05, 3.63) is 113 Å². The minimum absolute atomic E-state index is 0.287. The Morgan fingerprint density at radius 1 is 0.879 bits per heavy atom. The molecular weight excluding hydrogens is 409 g/mol. The van der Waals surface area contributed by atoms with E-state index in [4.69, 9.17) is 4.74 Å². The van der Waals surface area contributed by atoms with Crippen molar-refractivity contribution >= 4 is 22.5 Å². The first-order chi connectivity index (χ1) is 15.9. The molecule has 3 heteroatoms. The SMILES string of the molecule is CC(C)c1ccc2c3c(ccc2c1)OC(c1ccc(N(C)C)cc1)(c1ccccc1F)C=C3. The standard InChI is InChI=1S/C30H28FNO/c1-20(2)21-9-15-25-22(19-21)10-16-29-26(25)17-18-30(33-29,27-7-5-6-8-28(27)31)23-11-13-24(14-12-23)32(3)4/h5-20H,1-4H3. The van der Waals surface area contributed by atoms with Gasteiger partial charge in [-0.15, -0.1) is 0 Å². The highest BCUT2D eigenvalue weighted by atomic mass is 19.1. The molecule has 0 fully saturated rings. The van der Waals surface area contributed by atoms with E-state index >= 15 is 4.39 Å². The van der Waals surface area contributed by atoms with Crippen LogP contribution in [0.4, 0.5) is 10.1 Å². The van der Waals surface area contributed by atoms with E-state index < -0.39 is 5.60 Å². The molecule has 4 aromatic rings. The third kappa shape index (κ3) is 3.58. The van der Waals surface area contributed by atoms with Crippen molar-refractivity contribution in [3.8, 4) is 5.75 Å². The number of hydrogen-bond donors (Lipinski definition) is 0. The number of fused-ring (bicyclic) bond motifs is 3. The van der Waals surface area contributed by atoms with Crippen molar-refractivity contribution in [2.75, 3.05) is 19.0 Å². The van der Waals surface area contributed by atoms with Crippen LogP contribution in [0.5, 0.6) is 5.75 Å². The van der Waals surface area contributed by atoms with Gasteiger partial charge in [0.2, 0.25) is 0 Å². The summed E-state index contributed by atoms with van der Waals surface area (Å²) in [6.07, 6.45) is 4.08. The highest BCUT2D eigenvalue weighted by molar-refractivity contribution is 5.94. The lowest BCUT2D eigenvalue weighted by Crippen LogP contribution is -2.35. The lowest BCUT2D eigenvalue weighted by atomic mass is 9.82. The highest BCUT2D eigenvalue weighted by Gasteiger charge is 2.39. The van der Waals surface area contributed by atoms with Crippen molar-refractivity contribution < 1.29 is 9.13 Å². The summed E-state index contributed by atoms with van der Waals surface area (Å²) in [5.41, 5.74) is 3.75. The van der Waals surface area contributed by atoms with Gasteiger partial charge in [-0.1, -0.05) is 68.4 Å². The predicted octanol–water partition coefficient (Wildman–Crippen LogP) is 7.52. The Hall–Kier alpha value is -3.59. The number of ether oxygens (including phenoxy) is 1. The summed E-state index contributed by atoms with van der Waals surface area (Å²) < 4.78 is 21.9. The second kappa shape index (κ2) is 8.08. The summed E-state index contributed by atoms with van der Waals surface area (Å²) in [7, 11) is 4.01. The number of nitrogens with zero attached hydrogens (tertiary/aromatic N) is 1. The first-order valence-corrected chi connectivity index (χ1v) is 11.4. The Bertz CT molecular complexity index is 1350. The van der Waals surface area contributed by atoms with Crippen LogP contribution in [0, 0.1) is 5.82 Å². The van der Waals surface area contributed by atoms with E-state index in [2.05, 4.69) is 44.2 Å². The fourth-order valence-corrected chi connectivity index (χ4v) is 4.61. The van der Waals surface area contributed by atoms with Crippen LogP contribution in [0.25, 0.3) is 16.8 Å². The lowest BCUT2D eigenvalue weighted by Gasteiger charge is -2.36. The molecule has 0 amide bonds. The van der Waals surface area contributed by atoms with Crippen LogP contribution in [0.2, 0.25) is 0 Å². The van der Waals surface area contributed by atoms with Crippen LogP contribution >= 0.6 is 0 Å². The maximum atomic E-state index is 15.1. The number of halogens is 1. The second-order valence-electron chi connectivity index (χ2n) is 9.20. The highest BCUT2D eigenvalue weighted by Crippen LogP contribution is 2.45. The predicted molar refractivity (Wildman–Crippen MR) is 136 cm³/mol. The van der Waals surface area contributed by atoms with Gasteiger partial charge < -0.3 is 9.64 Å². The zero-order valence-electron chi connectivity index (χ0n) is 19.5. The third-order valence-corrected chi connectivity index (χ3v) is 6.55. The maximum absolute atomic E-state index is 15.1. The van der Waals surface area contributed by atoms with Gasteiger partial charge >= 0.3 is 0 Å². The molecule has 2 nitrogen and oxygen atoms in total. The summed E-state index contributed by atoms with van der Waals surface area (Å²) in [6.45, 7) is 4.40. The molecule has 1 heterocycles. The quantitative estimate of drug-likeness (QED) is 0.327. The van der Waals surface area contributed by atoms with E-state index in [0.717, 1.165) is 28.0 Å². The van der Waals surface area contributed by atoms with Gasteiger partial charge in [-0.05, 0) is 58.7 Å². The smallest absolute Gasteiger partial charge is 0.180 e. The molecule has 0 aromatic heterocycles. The summed E-state index contributed by atoms with van der Waals surface area (Å²) in [6, 6.07) is 25.7. The minimum atomic E-state index is -1.05. The fourth-order valence-electron chi connectivity index (χ4n) is 4.61. The molecule has 0 bridgehead atoms. The van der Waals surface area contributed by atoms with Crippen molar-refractivity contribution in [2.24, 2.45) is 0 Å². The number of hydrogen-bond acceptors (Lipinski definition) is 2. The molecule has 1 atom stereocenters. The largest absolute Gasteiger partial charge is 0.473 e. The van der Waals surface area contributed by atoms with E-state index in [9.17, 15) is 0 Å². The fraction of sp³-hybridized carbons (Fsp3) is 0.200. The Kier molecular flexibility index (Phi) is 5.20. The zero-order valence-corrected chi connectivity index (χ0v) is 19.5.